The summed E-state index contributed by atoms with van der Waals surface area (Å²) in [4.78, 5) is 37.0. The van der Waals surface area contributed by atoms with Gasteiger partial charge in [-0.3, -0.25) is 9.59 Å². The Morgan fingerprint density at radius 3 is 2.61 bits per heavy atom. The first kappa shape index (κ1) is 17.1. The minimum atomic E-state index is -1.29. The number of oxime groups is 1. The number of anilines is 1. The van der Waals surface area contributed by atoms with E-state index in [0.717, 1.165) is 10.8 Å². The Labute approximate surface area is 168 Å². The number of rotatable bonds is 2. The lowest BCUT2D eigenvalue weighted by molar-refractivity contribution is -0.136. The van der Waals surface area contributed by atoms with Gasteiger partial charge in [-0.15, -0.1) is 0 Å². The lowest BCUT2D eigenvalue weighted by atomic mass is 9.94. The third-order valence-electron chi connectivity index (χ3n) is 5.06. The standard InChI is InChI=1S/C21H14BrN3O3/c22-18-7-3-6-16(23-18)17-11-21(28-24-17)12-19(26)25(20(21)27)15-9-8-13-4-1-2-5-14(13)10-15/h1-10H,11-12H2/t21-/m0/s1. The van der Waals surface area contributed by atoms with Crippen molar-refractivity contribution in [2.45, 2.75) is 18.4 Å². The minimum absolute atomic E-state index is 0.0420. The molecule has 1 aromatic heterocycles. The number of benzene rings is 2. The predicted octanol–water partition coefficient (Wildman–Crippen LogP) is 3.82. The highest BCUT2D eigenvalue weighted by molar-refractivity contribution is 9.10. The van der Waals surface area contributed by atoms with Gasteiger partial charge < -0.3 is 4.84 Å². The number of carbonyl (C=O) groups excluding carboxylic acids is 2. The molecule has 2 aliphatic rings. The number of carbonyl (C=O) groups is 2. The number of amides is 2. The quantitative estimate of drug-likeness (QED) is 0.452. The smallest absolute Gasteiger partial charge is 0.281 e. The summed E-state index contributed by atoms with van der Waals surface area (Å²) < 4.78 is 0.667. The SMILES string of the molecule is O=C1C[C@@]2(CC(c3cccc(Br)n3)=NO2)C(=O)N1c1ccc2ccccc2c1. The van der Waals surface area contributed by atoms with Crippen LogP contribution in [-0.2, 0) is 14.4 Å². The van der Waals surface area contributed by atoms with Crippen LogP contribution in [0.4, 0.5) is 5.69 Å². The summed E-state index contributed by atoms with van der Waals surface area (Å²) in [6, 6.07) is 18.8. The number of nitrogens with zero attached hydrogens (tertiary/aromatic N) is 3. The average Bonchev–Trinajstić information content (AvgIpc) is 3.23. The molecule has 0 N–H and O–H groups in total. The van der Waals surface area contributed by atoms with E-state index in [4.69, 9.17) is 4.84 Å². The van der Waals surface area contributed by atoms with Crippen LogP contribution in [0, 0.1) is 0 Å². The molecule has 0 saturated carbocycles. The third kappa shape index (κ3) is 2.62. The van der Waals surface area contributed by atoms with E-state index in [2.05, 4.69) is 26.1 Å². The fourth-order valence-corrected chi connectivity index (χ4v) is 4.03. The molecule has 6 nitrogen and oxygen atoms in total. The van der Waals surface area contributed by atoms with Crippen LogP contribution < -0.4 is 4.90 Å². The first-order valence-electron chi connectivity index (χ1n) is 8.80. The van der Waals surface area contributed by atoms with Crippen LogP contribution in [0.25, 0.3) is 10.8 Å². The highest BCUT2D eigenvalue weighted by atomic mass is 79.9. The minimum Gasteiger partial charge on any atom is -0.378 e. The molecular formula is C21H14BrN3O3. The maximum Gasteiger partial charge on any atom is 0.281 e. The molecule has 0 unspecified atom stereocenters. The van der Waals surface area contributed by atoms with Gasteiger partial charge in [-0.1, -0.05) is 41.6 Å². The Morgan fingerprint density at radius 1 is 0.964 bits per heavy atom. The Balaban J connectivity index is 1.46. The Bertz CT molecular complexity index is 1180. The van der Waals surface area contributed by atoms with E-state index in [1.165, 1.54) is 4.90 Å². The van der Waals surface area contributed by atoms with E-state index in [0.29, 0.717) is 21.7 Å². The molecule has 1 spiro atoms. The molecule has 1 fully saturated rings. The molecule has 7 heteroatoms. The van der Waals surface area contributed by atoms with E-state index in [1.54, 1.807) is 18.2 Å². The number of aromatic nitrogens is 1. The molecule has 1 saturated heterocycles. The topological polar surface area (TPSA) is 71.9 Å². The molecule has 3 aromatic rings. The molecule has 0 aliphatic carbocycles. The van der Waals surface area contributed by atoms with Gasteiger partial charge in [0.15, 0.2) is 0 Å². The molecule has 3 heterocycles. The highest BCUT2D eigenvalue weighted by Crippen LogP contribution is 2.39. The van der Waals surface area contributed by atoms with Crippen molar-refractivity contribution in [3.8, 4) is 0 Å². The molecular weight excluding hydrogens is 422 g/mol. The van der Waals surface area contributed by atoms with Crippen LogP contribution in [0.1, 0.15) is 18.5 Å². The number of halogens is 1. The van der Waals surface area contributed by atoms with Gasteiger partial charge >= 0.3 is 0 Å². The zero-order valence-corrected chi connectivity index (χ0v) is 16.2. The third-order valence-corrected chi connectivity index (χ3v) is 5.51. The van der Waals surface area contributed by atoms with Crippen LogP contribution in [0.3, 0.4) is 0 Å². The van der Waals surface area contributed by atoms with Crippen LogP contribution in [0.5, 0.6) is 0 Å². The van der Waals surface area contributed by atoms with Crippen molar-refractivity contribution in [3.05, 3.63) is 71.0 Å². The normalized spacial score (nSPS) is 21.5. The van der Waals surface area contributed by atoms with Gasteiger partial charge in [0.2, 0.25) is 11.5 Å². The largest absolute Gasteiger partial charge is 0.378 e. The predicted molar refractivity (Wildman–Crippen MR) is 108 cm³/mol. The summed E-state index contributed by atoms with van der Waals surface area (Å²) in [5.41, 5.74) is 0.434. The summed E-state index contributed by atoms with van der Waals surface area (Å²) >= 11 is 3.33. The number of hydrogen-bond donors (Lipinski definition) is 0. The first-order chi connectivity index (χ1) is 13.6. The first-order valence-corrected chi connectivity index (χ1v) is 9.59. The van der Waals surface area contributed by atoms with Gasteiger partial charge in [0.05, 0.1) is 17.8 Å². The lowest BCUT2D eigenvalue weighted by Gasteiger charge is -2.19. The van der Waals surface area contributed by atoms with Crippen molar-refractivity contribution in [2.24, 2.45) is 5.16 Å². The maximum atomic E-state index is 13.2. The molecule has 1 atom stereocenters. The van der Waals surface area contributed by atoms with E-state index < -0.39 is 5.60 Å². The number of pyridine rings is 1. The summed E-state index contributed by atoms with van der Waals surface area (Å²) in [6.45, 7) is 0. The van der Waals surface area contributed by atoms with Crippen molar-refractivity contribution in [3.63, 3.8) is 0 Å². The summed E-state index contributed by atoms with van der Waals surface area (Å²) in [6.07, 6.45) is 0.171. The molecule has 5 rings (SSSR count). The zero-order valence-electron chi connectivity index (χ0n) is 14.6. The van der Waals surface area contributed by atoms with Gasteiger partial charge in [0.1, 0.15) is 10.3 Å². The Hall–Kier alpha value is -3.06. The fraction of sp³-hybridized carbons (Fsp3) is 0.143. The van der Waals surface area contributed by atoms with Crippen LogP contribution in [0.2, 0.25) is 0 Å². The van der Waals surface area contributed by atoms with Crippen molar-refractivity contribution in [1.29, 1.82) is 0 Å². The molecule has 0 radical (unpaired) electrons. The summed E-state index contributed by atoms with van der Waals surface area (Å²) in [7, 11) is 0. The molecule has 2 aromatic carbocycles. The van der Waals surface area contributed by atoms with Gasteiger partial charge in [0, 0.05) is 6.42 Å². The molecule has 0 bridgehead atoms. The summed E-state index contributed by atoms with van der Waals surface area (Å²) in [5.74, 6) is -0.680. The Kier molecular flexibility index (Phi) is 3.80. The van der Waals surface area contributed by atoms with Gasteiger partial charge in [-0.05, 0) is 51.0 Å². The number of hydrogen-bond acceptors (Lipinski definition) is 5. The fourth-order valence-electron chi connectivity index (χ4n) is 3.69. The van der Waals surface area contributed by atoms with Crippen molar-refractivity contribution in [2.75, 3.05) is 4.90 Å². The number of imide groups is 1. The maximum absolute atomic E-state index is 13.2. The molecule has 2 amide bonds. The lowest BCUT2D eigenvalue weighted by Crippen LogP contribution is -2.40. The van der Waals surface area contributed by atoms with Gasteiger partial charge in [-0.25, -0.2) is 9.88 Å². The second-order valence-corrected chi connectivity index (χ2v) is 7.70. The second kappa shape index (κ2) is 6.24. The monoisotopic (exact) mass is 435 g/mol. The van der Waals surface area contributed by atoms with Crippen LogP contribution in [-0.4, -0.2) is 28.1 Å². The van der Waals surface area contributed by atoms with Gasteiger partial charge in [0.25, 0.3) is 5.91 Å². The van der Waals surface area contributed by atoms with E-state index >= 15 is 0 Å². The molecule has 28 heavy (non-hydrogen) atoms. The van der Waals surface area contributed by atoms with Gasteiger partial charge in [-0.2, -0.15) is 0 Å². The second-order valence-electron chi connectivity index (χ2n) is 6.89. The zero-order chi connectivity index (χ0) is 19.3. The Morgan fingerprint density at radius 2 is 1.79 bits per heavy atom. The van der Waals surface area contributed by atoms with Crippen LogP contribution >= 0.6 is 15.9 Å². The van der Waals surface area contributed by atoms with Crippen molar-refractivity contribution < 1.29 is 14.4 Å². The van der Waals surface area contributed by atoms with E-state index in [9.17, 15) is 9.59 Å². The molecule has 138 valence electrons. The number of fused-ring (bicyclic) bond motifs is 1. The molecule has 2 aliphatic heterocycles. The van der Waals surface area contributed by atoms with Crippen molar-refractivity contribution in [1.82, 2.24) is 4.98 Å². The highest BCUT2D eigenvalue weighted by Gasteiger charge is 2.58. The average molecular weight is 436 g/mol. The summed E-state index contributed by atoms with van der Waals surface area (Å²) in [5, 5.41) is 6.09. The van der Waals surface area contributed by atoms with E-state index in [1.807, 2.05) is 42.5 Å². The van der Waals surface area contributed by atoms with E-state index in [-0.39, 0.29) is 24.7 Å². The van der Waals surface area contributed by atoms with Crippen LogP contribution in [0.15, 0.2) is 70.4 Å². The van der Waals surface area contributed by atoms with Crippen molar-refractivity contribution >= 4 is 49.9 Å².